The fraction of sp³-hybridized carbons (Fsp3) is 0.125. The molecule has 2 N–H and O–H groups in total. The SMILES string of the molecule is COc1ccc(B(O)O)c2nccn12. The Balaban J connectivity index is 2.72. The summed E-state index contributed by atoms with van der Waals surface area (Å²) >= 11 is 0. The summed E-state index contributed by atoms with van der Waals surface area (Å²) in [7, 11) is 0.0231. The van der Waals surface area contributed by atoms with Gasteiger partial charge in [0.1, 0.15) is 5.65 Å². The summed E-state index contributed by atoms with van der Waals surface area (Å²) < 4.78 is 6.73. The topological polar surface area (TPSA) is 67.0 Å². The monoisotopic (exact) mass is 192 g/mol. The fourth-order valence-corrected chi connectivity index (χ4v) is 1.38. The van der Waals surface area contributed by atoms with Crippen molar-refractivity contribution in [3.8, 4) is 5.88 Å². The standard InChI is InChI=1S/C8H9BN2O3/c1-14-7-3-2-6(9(12)13)8-10-4-5-11(7)8/h2-5,12-13H,1H3. The molecule has 2 rings (SSSR count). The van der Waals surface area contributed by atoms with Gasteiger partial charge in [-0.15, -0.1) is 0 Å². The molecule has 0 atom stereocenters. The van der Waals surface area contributed by atoms with E-state index in [1.807, 2.05) is 0 Å². The van der Waals surface area contributed by atoms with E-state index in [9.17, 15) is 0 Å². The van der Waals surface area contributed by atoms with E-state index in [0.29, 0.717) is 17.0 Å². The van der Waals surface area contributed by atoms with Gasteiger partial charge in [-0.1, -0.05) is 6.07 Å². The first-order valence-electron chi connectivity index (χ1n) is 4.10. The summed E-state index contributed by atoms with van der Waals surface area (Å²) in [4.78, 5) is 4.01. The van der Waals surface area contributed by atoms with E-state index in [4.69, 9.17) is 14.8 Å². The van der Waals surface area contributed by atoms with E-state index < -0.39 is 7.12 Å². The highest BCUT2D eigenvalue weighted by Crippen LogP contribution is 2.11. The van der Waals surface area contributed by atoms with Crippen LogP contribution in [0.4, 0.5) is 0 Å². The van der Waals surface area contributed by atoms with E-state index >= 15 is 0 Å². The molecule has 0 bridgehead atoms. The highest BCUT2D eigenvalue weighted by Gasteiger charge is 2.17. The largest absolute Gasteiger partial charge is 0.492 e. The second-order valence-corrected chi connectivity index (χ2v) is 2.83. The third kappa shape index (κ3) is 1.25. The number of hydrogen-bond acceptors (Lipinski definition) is 4. The predicted molar refractivity (Wildman–Crippen MR) is 51.6 cm³/mol. The van der Waals surface area contributed by atoms with E-state index in [1.165, 1.54) is 0 Å². The van der Waals surface area contributed by atoms with Gasteiger partial charge in [0.2, 0.25) is 0 Å². The number of methoxy groups -OCH3 is 1. The van der Waals surface area contributed by atoms with Crippen molar-refractivity contribution >= 4 is 18.2 Å². The maximum atomic E-state index is 9.07. The van der Waals surface area contributed by atoms with E-state index in [0.717, 1.165) is 0 Å². The number of imidazole rings is 1. The Bertz CT molecular complexity index is 455. The maximum absolute atomic E-state index is 9.07. The second kappa shape index (κ2) is 3.32. The minimum Gasteiger partial charge on any atom is -0.482 e. The molecular formula is C8H9BN2O3. The Labute approximate surface area is 80.7 Å². The normalized spacial score (nSPS) is 10.5. The molecule has 2 heterocycles. The van der Waals surface area contributed by atoms with Gasteiger partial charge in [0.15, 0.2) is 5.88 Å². The second-order valence-electron chi connectivity index (χ2n) is 2.83. The van der Waals surface area contributed by atoms with Gasteiger partial charge in [0, 0.05) is 17.9 Å². The van der Waals surface area contributed by atoms with Gasteiger partial charge in [-0.2, -0.15) is 0 Å². The van der Waals surface area contributed by atoms with Gasteiger partial charge in [-0.25, -0.2) is 4.98 Å². The van der Waals surface area contributed by atoms with Gasteiger partial charge < -0.3 is 14.8 Å². The van der Waals surface area contributed by atoms with Crippen molar-refractivity contribution in [3.63, 3.8) is 0 Å². The summed E-state index contributed by atoms with van der Waals surface area (Å²) in [5.41, 5.74) is 0.843. The van der Waals surface area contributed by atoms with Gasteiger partial charge in [-0.3, -0.25) is 4.40 Å². The van der Waals surface area contributed by atoms with Gasteiger partial charge >= 0.3 is 7.12 Å². The number of aromatic nitrogens is 2. The van der Waals surface area contributed by atoms with Crippen LogP contribution in [-0.2, 0) is 0 Å². The summed E-state index contributed by atoms with van der Waals surface area (Å²) in [6.45, 7) is 0. The molecular weight excluding hydrogens is 183 g/mol. The van der Waals surface area contributed by atoms with Gasteiger partial charge in [0.05, 0.1) is 7.11 Å². The summed E-state index contributed by atoms with van der Waals surface area (Å²) in [6.07, 6.45) is 3.27. The van der Waals surface area contributed by atoms with Crippen molar-refractivity contribution in [2.24, 2.45) is 0 Å². The number of ether oxygens (including phenoxy) is 1. The van der Waals surface area contributed by atoms with Gasteiger partial charge in [-0.05, 0) is 6.07 Å². The first-order valence-corrected chi connectivity index (χ1v) is 4.10. The molecule has 5 nitrogen and oxygen atoms in total. The third-order valence-electron chi connectivity index (χ3n) is 2.03. The molecule has 0 aliphatic heterocycles. The zero-order valence-corrected chi connectivity index (χ0v) is 7.58. The summed E-state index contributed by atoms with van der Waals surface area (Å²) in [6, 6.07) is 3.23. The lowest BCUT2D eigenvalue weighted by atomic mass is 9.81. The maximum Gasteiger partial charge on any atom is 0.492 e. The molecule has 2 aromatic rings. The van der Waals surface area contributed by atoms with E-state index in [2.05, 4.69) is 4.98 Å². The van der Waals surface area contributed by atoms with Crippen LogP contribution in [0.25, 0.3) is 5.65 Å². The van der Waals surface area contributed by atoms with Crippen LogP contribution in [0, 0.1) is 0 Å². The molecule has 14 heavy (non-hydrogen) atoms. The Kier molecular flexibility index (Phi) is 2.15. The zero-order valence-electron chi connectivity index (χ0n) is 7.58. The summed E-state index contributed by atoms with van der Waals surface area (Å²) in [5, 5.41) is 18.1. The molecule has 6 heteroatoms. The molecule has 0 aliphatic carbocycles. The average Bonchev–Trinajstić information content (AvgIpc) is 2.64. The quantitative estimate of drug-likeness (QED) is 0.600. The third-order valence-corrected chi connectivity index (χ3v) is 2.03. The van der Waals surface area contributed by atoms with Crippen molar-refractivity contribution in [3.05, 3.63) is 24.5 Å². The highest BCUT2D eigenvalue weighted by molar-refractivity contribution is 6.60. The molecule has 2 aromatic heterocycles. The molecule has 0 unspecified atom stereocenters. The lowest BCUT2D eigenvalue weighted by molar-refractivity contribution is 0.392. The molecule has 0 radical (unpaired) electrons. The van der Waals surface area contributed by atoms with Crippen LogP contribution in [0.1, 0.15) is 0 Å². The minimum atomic E-state index is -1.52. The Hall–Kier alpha value is -1.53. The molecule has 0 saturated carbocycles. The smallest absolute Gasteiger partial charge is 0.482 e. The van der Waals surface area contributed by atoms with Crippen molar-refractivity contribution in [1.29, 1.82) is 0 Å². The number of fused-ring (bicyclic) bond motifs is 1. The number of rotatable bonds is 2. The van der Waals surface area contributed by atoms with Crippen molar-refractivity contribution in [2.45, 2.75) is 0 Å². The molecule has 0 aliphatic rings. The van der Waals surface area contributed by atoms with Crippen molar-refractivity contribution in [1.82, 2.24) is 9.38 Å². The van der Waals surface area contributed by atoms with Crippen molar-refractivity contribution in [2.75, 3.05) is 7.11 Å². The lowest BCUT2D eigenvalue weighted by Crippen LogP contribution is -2.31. The zero-order chi connectivity index (χ0) is 10.1. The van der Waals surface area contributed by atoms with Crippen molar-refractivity contribution < 1.29 is 14.8 Å². The Morgan fingerprint density at radius 2 is 2.21 bits per heavy atom. The minimum absolute atomic E-state index is 0.357. The van der Waals surface area contributed by atoms with Crippen LogP contribution >= 0.6 is 0 Å². The van der Waals surface area contributed by atoms with Crippen LogP contribution in [0.15, 0.2) is 24.5 Å². The molecule has 0 saturated heterocycles. The van der Waals surface area contributed by atoms with Crippen LogP contribution in [-0.4, -0.2) is 33.7 Å². The highest BCUT2D eigenvalue weighted by atomic mass is 16.5. The number of pyridine rings is 1. The van der Waals surface area contributed by atoms with Crippen LogP contribution in [0.3, 0.4) is 0 Å². The first kappa shape index (κ1) is 9.05. The summed E-state index contributed by atoms with van der Waals surface area (Å²) in [5.74, 6) is 0.599. The van der Waals surface area contributed by atoms with E-state index in [-0.39, 0.29) is 0 Å². The Morgan fingerprint density at radius 3 is 2.86 bits per heavy atom. The molecule has 0 fully saturated rings. The molecule has 0 spiro atoms. The number of hydrogen-bond donors (Lipinski definition) is 2. The average molecular weight is 192 g/mol. The van der Waals surface area contributed by atoms with Crippen LogP contribution in [0.2, 0.25) is 0 Å². The lowest BCUT2D eigenvalue weighted by Gasteiger charge is -2.06. The molecule has 0 aromatic carbocycles. The molecule has 0 amide bonds. The van der Waals surface area contributed by atoms with Gasteiger partial charge in [0.25, 0.3) is 0 Å². The first-order chi connectivity index (χ1) is 6.74. The van der Waals surface area contributed by atoms with Crippen LogP contribution < -0.4 is 10.2 Å². The Morgan fingerprint density at radius 1 is 1.43 bits per heavy atom. The number of nitrogens with zero attached hydrogens (tertiary/aromatic N) is 2. The fourth-order valence-electron chi connectivity index (χ4n) is 1.38. The van der Waals surface area contributed by atoms with E-state index in [1.54, 1.807) is 36.0 Å². The van der Waals surface area contributed by atoms with Crippen LogP contribution in [0.5, 0.6) is 5.88 Å². The molecule has 72 valence electrons. The predicted octanol–water partition coefficient (Wildman–Crippen LogP) is -0.977.